The Morgan fingerprint density at radius 3 is 2.85 bits per heavy atom. The molecule has 0 aliphatic heterocycles. The van der Waals surface area contributed by atoms with Crippen LogP contribution < -0.4 is 10.6 Å². The smallest absolute Gasteiger partial charge is 0.191 e. The summed E-state index contributed by atoms with van der Waals surface area (Å²) in [5.74, 6) is 0.927. The molecule has 0 amide bonds. The standard InChI is InChI=1S/C14H23N5.HI/c1-2-15-14(18-13-7-3-4-8-13)16-9-5-11-19-12-6-10-17-19;/h3-4,6,10,12-13H,2,5,7-9,11H2,1H3,(H2,15,16,18);1H. The molecule has 0 atom stereocenters. The fraction of sp³-hybridized carbons (Fsp3) is 0.571. The van der Waals surface area contributed by atoms with Crippen LogP contribution in [-0.4, -0.2) is 34.9 Å². The number of guanidine groups is 1. The Hall–Kier alpha value is -1.05. The zero-order valence-corrected chi connectivity index (χ0v) is 14.3. The lowest BCUT2D eigenvalue weighted by molar-refractivity contribution is 0.580. The second kappa shape index (κ2) is 9.79. The maximum absolute atomic E-state index is 4.60. The molecule has 0 saturated heterocycles. The first-order valence-electron chi connectivity index (χ1n) is 7.05. The minimum Gasteiger partial charge on any atom is -0.357 e. The van der Waals surface area contributed by atoms with E-state index in [9.17, 15) is 0 Å². The highest BCUT2D eigenvalue weighted by Crippen LogP contribution is 2.08. The Balaban J connectivity index is 0.00000200. The lowest BCUT2D eigenvalue weighted by atomic mass is 10.2. The fourth-order valence-electron chi connectivity index (χ4n) is 2.10. The summed E-state index contributed by atoms with van der Waals surface area (Å²) in [7, 11) is 0. The van der Waals surface area contributed by atoms with E-state index in [-0.39, 0.29) is 24.0 Å². The molecule has 0 aromatic carbocycles. The number of rotatable bonds is 6. The zero-order valence-electron chi connectivity index (χ0n) is 12.0. The van der Waals surface area contributed by atoms with Crippen LogP contribution in [-0.2, 0) is 6.54 Å². The lowest BCUT2D eigenvalue weighted by Gasteiger charge is -2.16. The summed E-state index contributed by atoms with van der Waals surface area (Å²) in [6.45, 7) is 4.72. The lowest BCUT2D eigenvalue weighted by Crippen LogP contribution is -2.42. The monoisotopic (exact) mass is 389 g/mol. The SMILES string of the molecule is CCNC(=NCCCn1cccn1)NC1CC=CC1.I. The van der Waals surface area contributed by atoms with Gasteiger partial charge in [-0.25, -0.2) is 0 Å². The maximum Gasteiger partial charge on any atom is 0.191 e. The van der Waals surface area contributed by atoms with Gasteiger partial charge in [0.2, 0.25) is 0 Å². The average molecular weight is 389 g/mol. The molecule has 1 aromatic heterocycles. The van der Waals surface area contributed by atoms with Gasteiger partial charge in [0.15, 0.2) is 5.96 Å². The third-order valence-electron chi connectivity index (χ3n) is 3.07. The number of nitrogens with one attached hydrogen (secondary N) is 2. The van der Waals surface area contributed by atoms with E-state index in [0.717, 1.165) is 44.9 Å². The van der Waals surface area contributed by atoms with Gasteiger partial charge in [0.25, 0.3) is 0 Å². The Morgan fingerprint density at radius 2 is 2.20 bits per heavy atom. The molecule has 0 spiro atoms. The van der Waals surface area contributed by atoms with E-state index < -0.39 is 0 Å². The minimum absolute atomic E-state index is 0. The number of hydrogen-bond donors (Lipinski definition) is 2. The number of nitrogens with zero attached hydrogens (tertiary/aromatic N) is 3. The molecule has 1 heterocycles. The zero-order chi connectivity index (χ0) is 13.3. The summed E-state index contributed by atoms with van der Waals surface area (Å²) in [5.41, 5.74) is 0. The summed E-state index contributed by atoms with van der Waals surface area (Å²) in [6.07, 6.45) is 11.4. The van der Waals surface area contributed by atoms with Crippen LogP contribution in [0, 0.1) is 0 Å². The van der Waals surface area contributed by atoms with Crippen molar-refractivity contribution in [3.63, 3.8) is 0 Å². The van der Waals surface area contributed by atoms with Crippen molar-refractivity contribution in [1.82, 2.24) is 20.4 Å². The highest BCUT2D eigenvalue weighted by Gasteiger charge is 2.11. The highest BCUT2D eigenvalue weighted by molar-refractivity contribution is 14.0. The molecule has 0 saturated carbocycles. The second-order valence-electron chi connectivity index (χ2n) is 4.67. The quantitative estimate of drug-likeness (QED) is 0.258. The summed E-state index contributed by atoms with van der Waals surface area (Å²) in [4.78, 5) is 4.60. The first-order chi connectivity index (χ1) is 9.38. The molecule has 5 nitrogen and oxygen atoms in total. The minimum atomic E-state index is 0. The molecule has 1 aromatic rings. The molecule has 0 unspecified atom stereocenters. The van der Waals surface area contributed by atoms with Crippen molar-refractivity contribution in [2.45, 2.75) is 38.8 Å². The van der Waals surface area contributed by atoms with Gasteiger partial charge in [0.1, 0.15) is 0 Å². The van der Waals surface area contributed by atoms with Crippen LogP contribution in [0.15, 0.2) is 35.6 Å². The van der Waals surface area contributed by atoms with E-state index >= 15 is 0 Å². The van der Waals surface area contributed by atoms with E-state index in [4.69, 9.17) is 0 Å². The Kier molecular flexibility index (Phi) is 8.32. The van der Waals surface area contributed by atoms with E-state index in [0.29, 0.717) is 6.04 Å². The van der Waals surface area contributed by atoms with Crippen molar-refractivity contribution >= 4 is 29.9 Å². The Labute approximate surface area is 137 Å². The molecule has 1 aliphatic carbocycles. The molecule has 1 aliphatic rings. The third-order valence-corrected chi connectivity index (χ3v) is 3.07. The molecule has 112 valence electrons. The van der Waals surface area contributed by atoms with Gasteiger partial charge in [-0.2, -0.15) is 5.10 Å². The fourth-order valence-corrected chi connectivity index (χ4v) is 2.10. The van der Waals surface area contributed by atoms with Crippen molar-refractivity contribution in [2.75, 3.05) is 13.1 Å². The normalized spacial score (nSPS) is 15.2. The molecular formula is C14H24IN5. The van der Waals surface area contributed by atoms with Gasteiger partial charge in [-0.05, 0) is 32.3 Å². The topological polar surface area (TPSA) is 54.2 Å². The van der Waals surface area contributed by atoms with E-state index in [1.54, 1.807) is 0 Å². The number of aromatic nitrogens is 2. The highest BCUT2D eigenvalue weighted by atomic mass is 127. The Bertz CT molecular complexity index is 405. The van der Waals surface area contributed by atoms with Gasteiger partial charge in [-0.3, -0.25) is 9.67 Å². The van der Waals surface area contributed by atoms with Crippen LogP contribution in [0.1, 0.15) is 26.2 Å². The predicted octanol–water partition coefficient (Wildman–Crippen LogP) is 2.16. The van der Waals surface area contributed by atoms with Crippen molar-refractivity contribution in [3.05, 3.63) is 30.6 Å². The van der Waals surface area contributed by atoms with E-state index in [2.05, 4.69) is 39.8 Å². The molecule has 2 rings (SSSR count). The van der Waals surface area contributed by atoms with Crippen molar-refractivity contribution in [1.29, 1.82) is 0 Å². The van der Waals surface area contributed by atoms with Gasteiger partial charge in [-0.15, -0.1) is 24.0 Å². The summed E-state index contributed by atoms with van der Waals surface area (Å²) < 4.78 is 1.94. The summed E-state index contributed by atoms with van der Waals surface area (Å²) in [6, 6.07) is 2.45. The van der Waals surface area contributed by atoms with Gasteiger partial charge in [-0.1, -0.05) is 12.2 Å². The summed E-state index contributed by atoms with van der Waals surface area (Å²) in [5, 5.41) is 10.9. The maximum atomic E-state index is 4.60. The third kappa shape index (κ3) is 5.94. The van der Waals surface area contributed by atoms with Crippen molar-refractivity contribution in [3.8, 4) is 0 Å². The number of hydrogen-bond acceptors (Lipinski definition) is 2. The van der Waals surface area contributed by atoms with Crippen LogP contribution in [0.2, 0.25) is 0 Å². The van der Waals surface area contributed by atoms with Crippen LogP contribution >= 0.6 is 24.0 Å². The van der Waals surface area contributed by atoms with Crippen molar-refractivity contribution < 1.29 is 0 Å². The molecule has 0 radical (unpaired) electrons. The average Bonchev–Trinajstić information content (AvgIpc) is 3.08. The summed E-state index contributed by atoms with van der Waals surface area (Å²) >= 11 is 0. The Morgan fingerprint density at radius 1 is 1.40 bits per heavy atom. The van der Waals surface area contributed by atoms with E-state index in [1.165, 1.54) is 0 Å². The molecule has 2 N–H and O–H groups in total. The van der Waals surface area contributed by atoms with Gasteiger partial charge < -0.3 is 10.6 Å². The van der Waals surface area contributed by atoms with Crippen LogP contribution in [0.4, 0.5) is 0 Å². The molecular weight excluding hydrogens is 365 g/mol. The first kappa shape index (κ1) is 17.0. The molecule has 6 heteroatoms. The van der Waals surface area contributed by atoms with Gasteiger partial charge in [0.05, 0.1) is 0 Å². The van der Waals surface area contributed by atoms with E-state index in [1.807, 2.05) is 23.1 Å². The second-order valence-corrected chi connectivity index (χ2v) is 4.67. The number of aryl methyl sites for hydroxylation is 1. The molecule has 0 bridgehead atoms. The van der Waals surface area contributed by atoms with Gasteiger partial charge in [0, 0.05) is 38.1 Å². The number of halogens is 1. The predicted molar refractivity (Wildman–Crippen MR) is 93.5 cm³/mol. The molecule has 0 fully saturated rings. The number of aliphatic imine (C=N–C) groups is 1. The molecule has 20 heavy (non-hydrogen) atoms. The largest absolute Gasteiger partial charge is 0.357 e. The van der Waals surface area contributed by atoms with Crippen LogP contribution in [0.25, 0.3) is 0 Å². The van der Waals surface area contributed by atoms with Gasteiger partial charge >= 0.3 is 0 Å². The van der Waals surface area contributed by atoms with Crippen LogP contribution in [0.3, 0.4) is 0 Å². The van der Waals surface area contributed by atoms with Crippen LogP contribution in [0.5, 0.6) is 0 Å². The first-order valence-corrected chi connectivity index (χ1v) is 7.05. The van der Waals surface area contributed by atoms with Crippen molar-refractivity contribution in [2.24, 2.45) is 4.99 Å².